The van der Waals surface area contributed by atoms with Crippen LogP contribution < -0.4 is 11.1 Å². The number of hydrogen-bond donors (Lipinski definition) is 5. The number of oxime groups is 1. The van der Waals surface area contributed by atoms with E-state index in [0.717, 1.165) is 28.6 Å². The Kier molecular flexibility index (Phi) is 8.01. The zero-order chi connectivity index (χ0) is 28.3. The van der Waals surface area contributed by atoms with Gasteiger partial charge in [0.15, 0.2) is 16.6 Å². The summed E-state index contributed by atoms with van der Waals surface area (Å²) < 4.78 is 8.98. The number of benzene rings is 1. The molecule has 2 aromatic rings. The lowest BCUT2D eigenvalue weighted by molar-refractivity contribution is -0.150. The Hall–Kier alpha value is -4.64. The molecule has 0 radical (unpaired) electrons. The summed E-state index contributed by atoms with van der Waals surface area (Å²) in [6, 6.07) is 2.41. The average molecular weight is 577 g/mol. The van der Waals surface area contributed by atoms with Gasteiger partial charge in [-0.05, 0) is 29.8 Å². The van der Waals surface area contributed by atoms with Crippen LogP contribution in [0.1, 0.15) is 16.2 Å². The number of rotatable bonds is 9. The molecule has 1 aromatic heterocycles. The number of nitrogen functional groups attached to an aromatic ring is 1. The molecule has 17 heteroatoms. The summed E-state index contributed by atoms with van der Waals surface area (Å²) in [5, 5.41) is 34.2. The maximum atomic E-state index is 12.9. The van der Waals surface area contributed by atoms with Crippen LogP contribution in [-0.2, 0) is 24.0 Å². The number of β-lactam (4-membered cyclic amide) rings is 1. The number of anilines is 1. The maximum absolute atomic E-state index is 12.9. The predicted molar refractivity (Wildman–Crippen MR) is 137 cm³/mol. The third kappa shape index (κ3) is 5.63. The number of thioether (sulfide) groups is 1. The maximum Gasteiger partial charge on any atom is 0.352 e. The lowest BCUT2D eigenvalue weighted by Gasteiger charge is -2.49. The number of carboxylic acid groups (broad SMARTS) is 1. The second-order valence-corrected chi connectivity index (χ2v) is 9.71. The van der Waals surface area contributed by atoms with E-state index in [1.165, 1.54) is 37.1 Å². The molecule has 0 bridgehead atoms. The van der Waals surface area contributed by atoms with Crippen molar-refractivity contribution in [3.05, 3.63) is 53.0 Å². The van der Waals surface area contributed by atoms with Crippen LogP contribution in [0, 0.1) is 0 Å². The van der Waals surface area contributed by atoms with E-state index in [1.807, 2.05) is 0 Å². The molecule has 3 heterocycles. The molecule has 2 atom stereocenters. The fraction of sp³-hybridized carbons (Fsp3) is 0.227. The number of amides is 2. The van der Waals surface area contributed by atoms with Gasteiger partial charge in [0.05, 0.1) is 5.56 Å². The van der Waals surface area contributed by atoms with E-state index in [9.17, 15) is 34.5 Å². The standard InChI is InChI=1S/C22H20N6O9S2/c1-36-26-13(16-25-22(23)39-27-16)17(31)24-14-18(32)28-15(20(33)34)10(8-38-19(14)28)3-2-6-37-21(35)9-4-5-11(29)12(30)7-9/h2-5,7,14,19,29-30H,6,8H2,1H3,(H,24,31)(H,33,34)(H2,23,25,27)/b3-2+,26-13-/t14?,19-/m1/s1. The quantitative estimate of drug-likeness (QED) is 0.0874. The number of allylic oxidation sites excluding steroid dienone is 1. The van der Waals surface area contributed by atoms with Crippen molar-refractivity contribution in [1.82, 2.24) is 19.6 Å². The van der Waals surface area contributed by atoms with Crippen LogP contribution in [0.4, 0.5) is 5.13 Å². The van der Waals surface area contributed by atoms with E-state index in [-0.39, 0.29) is 46.0 Å². The molecule has 1 fully saturated rings. The van der Waals surface area contributed by atoms with Crippen molar-refractivity contribution in [2.45, 2.75) is 11.4 Å². The summed E-state index contributed by atoms with van der Waals surface area (Å²) in [6.07, 6.45) is 2.83. The number of nitrogens with zero attached hydrogens (tertiary/aromatic N) is 4. The molecular formula is C22H20N6O9S2. The molecule has 15 nitrogen and oxygen atoms in total. The second-order valence-electron chi connectivity index (χ2n) is 7.82. The van der Waals surface area contributed by atoms with Crippen LogP contribution in [-0.4, -0.2) is 89.9 Å². The summed E-state index contributed by atoms with van der Waals surface area (Å²) >= 11 is 2.07. The molecule has 1 saturated heterocycles. The highest BCUT2D eigenvalue weighted by atomic mass is 32.2. The van der Waals surface area contributed by atoms with Crippen molar-refractivity contribution in [2.75, 3.05) is 25.2 Å². The molecule has 0 aliphatic carbocycles. The molecule has 2 amide bonds. The van der Waals surface area contributed by atoms with Gasteiger partial charge < -0.3 is 35.9 Å². The number of aromatic nitrogens is 2. The fourth-order valence-electron chi connectivity index (χ4n) is 3.64. The molecule has 39 heavy (non-hydrogen) atoms. The summed E-state index contributed by atoms with van der Waals surface area (Å²) in [6.45, 7) is -0.228. The van der Waals surface area contributed by atoms with E-state index in [0.29, 0.717) is 5.57 Å². The Labute approximate surface area is 227 Å². The Bertz CT molecular complexity index is 1440. The van der Waals surface area contributed by atoms with Crippen molar-refractivity contribution < 1.29 is 44.1 Å². The molecule has 2 aliphatic heterocycles. The highest BCUT2D eigenvalue weighted by Gasteiger charge is 2.54. The van der Waals surface area contributed by atoms with Crippen LogP contribution in [0.2, 0.25) is 0 Å². The first-order valence-electron chi connectivity index (χ1n) is 10.9. The number of carboxylic acids is 1. The molecule has 0 saturated carbocycles. The van der Waals surface area contributed by atoms with Gasteiger partial charge in [-0.15, -0.1) is 11.8 Å². The molecule has 204 valence electrons. The Morgan fingerprint density at radius 2 is 2.08 bits per heavy atom. The van der Waals surface area contributed by atoms with Gasteiger partial charge in [0, 0.05) is 17.3 Å². The van der Waals surface area contributed by atoms with Crippen molar-refractivity contribution in [2.24, 2.45) is 5.16 Å². The molecule has 0 spiro atoms. The molecule has 2 aliphatic rings. The minimum Gasteiger partial charge on any atom is -0.504 e. The first-order chi connectivity index (χ1) is 18.6. The van der Waals surface area contributed by atoms with Gasteiger partial charge in [0.1, 0.15) is 30.8 Å². The number of phenolic OH excluding ortho intramolecular Hbond substituents is 2. The zero-order valence-electron chi connectivity index (χ0n) is 19.9. The summed E-state index contributed by atoms with van der Waals surface area (Å²) in [7, 11) is 1.22. The number of carbonyl (C=O) groups excluding carboxylic acids is 3. The third-order valence-electron chi connectivity index (χ3n) is 5.38. The second kappa shape index (κ2) is 11.4. The van der Waals surface area contributed by atoms with Crippen LogP contribution in [0.5, 0.6) is 11.5 Å². The van der Waals surface area contributed by atoms with E-state index in [4.69, 9.17) is 10.5 Å². The number of phenols is 2. The number of fused-ring (bicyclic) bond motifs is 1. The van der Waals surface area contributed by atoms with Crippen molar-refractivity contribution >= 4 is 57.9 Å². The number of hydrogen-bond acceptors (Lipinski definition) is 14. The molecule has 1 unspecified atom stereocenters. The minimum atomic E-state index is -1.35. The molecule has 4 rings (SSSR count). The number of nitrogens with two attached hydrogens (primary N) is 1. The lowest BCUT2D eigenvalue weighted by Crippen LogP contribution is -2.71. The fourth-order valence-corrected chi connectivity index (χ4v) is 5.39. The molecular weight excluding hydrogens is 556 g/mol. The average Bonchev–Trinajstić information content (AvgIpc) is 3.34. The molecule has 1 aromatic carbocycles. The largest absolute Gasteiger partial charge is 0.504 e. The Morgan fingerprint density at radius 1 is 1.31 bits per heavy atom. The zero-order valence-corrected chi connectivity index (χ0v) is 21.6. The third-order valence-corrected chi connectivity index (χ3v) is 7.22. The number of nitrogens with one attached hydrogen (secondary N) is 1. The van der Waals surface area contributed by atoms with Crippen molar-refractivity contribution in [3.63, 3.8) is 0 Å². The van der Waals surface area contributed by atoms with E-state index in [2.05, 4.69) is 24.7 Å². The van der Waals surface area contributed by atoms with Crippen LogP contribution in [0.15, 0.2) is 46.8 Å². The van der Waals surface area contributed by atoms with Gasteiger partial charge in [0.2, 0.25) is 11.5 Å². The van der Waals surface area contributed by atoms with Crippen molar-refractivity contribution in [3.8, 4) is 11.5 Å². The topological polar surface area (TPSA) is 227 Å². The smallest absolute Gasteiger partial charge is 0.352 e. The summed E-state index contributed by atoms with van der Waals surface area (Å²) in [5.41, 5.74) is 5.30. The van der Waals surface area contributed by atoms with Crippen molar-refractivity contribution in [1.29, 1.82) is 0 Å². The van der Waals surface area contributed by atoms with E-state index in [1.54, 1.807) is 0 Å². The SMILES string of the molecule is CO/N=C(\C(=O)NC1C(=O)N2C(C(=O)O)=C(/C=C/COC(=O)c3ccc(O)c(O)c3)CS[C@H]12)c1nsc(N)n1. The van der Waals surface area contributed by atoms with Gasteiger partial charge >= 0.3 is 11.9 Å². The van der Waals surface area contributed by atoms with Gasteiger partial charge in [0.25, 0.3) is 11.8 Å². The van der Waals surface area contributed by atoms with Crippen LogP contribution >= 0.6 is 23.3 Å². The first-order valence-corrected chi connectivity index (χ1v) is 12.7. The minimum absolute atomic E-state index is 0.00667. The Morgan fingerprint density at radius 3 is 2.72 bits per heavy atom. The van der Waals surface area contributed by atoms with E-state index >= 15 is 0 Å². The van der Waals surface area contributed by atoms with E-state index < -0.39 is 40.9 Å². The summed E-state index contributed by atoms with van der Waals surface area (Å²) in [4.78, 5) is 59.4. The van der Waals surface area contributed by atoms with Gasteiger partial charge in [-0.2, -0.15) is 9.36 Å². The lowest BCUT2D eigenvalue weighted by atomic mass is 10.0. The highest BCUT2D eigenvalue weighted by molar-refractivity contribution is 8.00. The predicted octanol–water partition coefficient (Wildman–Crippen LogP) is 0.0338. The van der Waals surface area contributed by atoms with Gasteiger partial charge in [-0.1, -0.05) is 11.2 Å². The first kappa shape index (κ1) is 27.4. The Balaban J connectivity index is 1.42. The number of aromatic hydroxyl groups is 2. The number of carbonyl (C=O) groups is 4. The van der Waals surface area contributed by atoms with Crippen LogP contribution in [0.25, 0.3) is 0 Å². The summed E-state index contributed by atoms with van der Waals surface area (Å²) in [5.74, 6) is -4.35. The monoisotopic (exact) mass is 576 g/mol. The van der Waals surface area contributed by atoms with Gasteiger partial charge in [-0.3, -0.25) is 14.5 Å². The normalized spacial score (nSPS) is 18.9. The number of esters is 1. The number of aliphatic carboxylic acids is 1. The number of ether oxygens (including phenoxy) is 1. The van der Waals surface area contributed by atoms with Crippen LogP contribution in [0.3, 0.4) is 0 Å². The molecule has 6 N–H and O–H groups in total. The van der Waals surface area contributed by atoms with Gasteiger partial charge in [-0.25, -0.2) is 9.59 Å². The highest BCUT2D eigenvalue weighted by Crippen LogP contribution is 2.40.